The van der Waals surface area contributed by atoms with E-state index in [4.69, 9.17) is 5.11 Å². The Hall–Kier alpha value is -2.51. The summed E-state index contributed by atoms with van der Waals surface area (Å²) in [6, 6.07) is 2.61. The number of non-ortho nitro benzene ring substituents is 1. The fourth-order valence-electron chi connectivity index (χ4n) is 1.76. The average molecular weight is 282 g/mol. The van der Waals surface area contributed by atoms with Gasteiger partial charge in [0.2, 0.25) is 0 Å². The van der Waals surface area contributed by atoms with Crippen molar-refractivity contribution in [2.75, 3.05) is 6.54 Å². The molecule has 0 spiro atoms. The highest BCUT2D eigenvalue weighted by Crippen LogP contribution is 2.45. The van der Waals surface area contributed by atoms with Crippen LogP contribution in [0.15, 0.2) is 18.2 Å². The molecule has 0 unspecified atom stereocenters. The normalized spacial score (nSPS) is 15.4. The van der Waals surface area contributed by atoms with Crippen LogP contribution in [0.1, 0.15) is 23.2 Å². The molecule has 1 amide bonds. The summed E-state index contributed by atoms with van der Waals surface area (Å²) in [6.45, 7) is -0.122. The first-order valence-corrected chi connectivity index (χ1v) is 5.81. The number of hydrogen-bond donors (Lipinski definition) is 2. The number of nitro benzene ring substituents is 1. The lowest BCUT2D eigenvalue weighted by Crippen LogP contribution is -2.34. The lowest BCUT2D eigenvalue weighted by Gasteiger charge is -2.11. The van der Waals surface area contributed by atoms with E-state index in [2.05, 4.69) is 5.32 Å². The van der Waals surface area contributed by atoms with E-state index in [1.807, 2.05) is 0 Å². The van der Waals surface area contributed by atoms with Crippen molar-refractivity contribution in [3.63, 3.8) is 0 Å². The first kappa shape index (κ1) is 13.9. The number of aliphatic carboxylic acids is 1. The van der Waals surface area contributed by atoms with Gasteiger partial charge in [-0.15, -0.1) is 0 Å². The number of carbonyl (C=O) groups excluding carboxylic acids is 1. The highest BCUT2D eigenvalue weighted by atomic mass is 19.1. The second-order valence-electron chi connectivity index (χ2n) is 4.69. The third kappa shape index (κ3) is 2.58. The number of carbonyl (C=O) groups is 2. The number of nitrogens with one attached hydrogen (secondary N) is 1. The molecule has 1 aliphatic carbocycles. The van der Waals surface area contributed by atoms with Gasteiger partial charge in [0.15, 0.2) is 0 Å². The van der Waals surface area contributed by atoms with Crippen molar-refractivity contribution in [2.45, 2.75) is 12.8 Å². The van der Waals surface area contributed by atoms with E-state index in [0.29, 0.717) is 12.8 Å². The zero-order chi connectivity index (χ0) is 14.9. The molecule has 0 radical (unpaired) electrons. The molecule has 20 heavy (non-hydrogen) atoms. The van der Waals surface area contributed by atoms with E-state index >= 15 is 0 Å². The minimum absolute atomic E-state index is 0.122. The van der Waals surface area contributed by atoms with Crippen molar-refractivity contribution in [3.05, 3.63) is 39.7 Å². The SMILES string of the molecule is O=C(NCC1(C(=O)O)CC1)c1cc([N+](=O)[O-])ccc1F. The van der Waals surface area contributed by atoms with Crippen molar-refractivity contribution in [1.82, 2.24) is 5.32 Å². The first-order valence-electron chi connectivity index (χ1n) is 5.81. The number of hydrogen-bond acceptors (Lipinski definition) is 4. The number of benzene rings is 1. The minimum atomic E-state index is -1.02. The molecule has 1 saturated carbocycles. The molecule has 1 aromatic rings. The molecule has 2 rings (SSSR count). The number of carboxylic acids is 1. The van der Waals surface area contributed by atoms with Crippen LogP contribution in [0.4, 0.5) is 10.1 Å². The zero-order valence-corrected chi connectivity index (χ0v) is 10.3. The molecule has 2 N–H and O–H groups in total. The zero-order valence-electron chi connectivity index (χ0n) is 10.3. The Morgan fingerprint density at radius 3 is 2.60 bits per heavy atom. The summed E-state index contributed by atoms with van der Waals surface area (Å²) in [6.07, 6.45) is 0.889. The highest BCUT2D eigenvalue weighted by molar-refractivity contribution is 5.95. The summed E-state index contributed by atoms with van der Waals surface area (Å²) in [7, 11) is 0. The molecule has 1 fully saturated rings. The Bertz CT molecular complexity index is 598. The number of rotatable bonds is 5. The molecular formula is C12H11FN2O5. The lowest BCUT2D eigenvalue weighted by molar-refractivity contribution is -0.384. The van der Waals surface area contributed by atoms with E-state index < -0.39 is 39.3 Å². The Balaban J connectivity index is 2.11. The predicted molar refractivity (Wildman–Crippen MR) is 64.7 cm³/mol. The minimum Gasteiger partial charge on any atom is -0.481 e. The molecule has 8 heteroatoms. The van der Waals surface area contributed by atoms with Gasteiger partial charge in [-0.05, 0) is 18.9 Å². The number of nitrogens with zero attached hydrogens (tertiary/aromatic N) is 1. The maximum absolute atomic E-state index is 13.5. The van der Waals surface area contributed by atoms with Crippen LogP contribution in [-0.4, -0.2) is 28.5 Å². The monoisotopic (exact) mass is 282 g/mol. The molecule has 0 heterocycles. The lowest BCUT2D eigenvalue weighted by atomic mass is 10.1. The van der Waals surface area contributed by atoms with Gasteiger partial charge in [-0.25, -0.2) is 4.39 Å². The van der Waals surface area contributed by atoms with Crippen molar-refractivity contribution >= 4 is 17.6 Å². The molecule has 0 saturated heterocycles. The van der Waals surface area contributed by atoms with Crippen LogP contribution in [0.2, 0.25) is 0 Å². The molecule has 0 aliphatic heterocycles. The summed E-state index contributed by atoms with van der Waals surface area (Å²) < 4.78 is 13.5. The van der Waals surface area contributed by atoms with Gasteiger partial charge in [0.1, 0.15) is 5.82 Å². The molecule has 0 atom stereocenters. The van der Waals surface area contributed by atoms with Gasteiger partial charge < -0.3 is 10.4 Å². The van der Waals surface area contributed by atoms with Gasteiger partial charge in [-0.3, -0.25) is 19.7 Å². The number of carboxylic acid groups (broad SMARTS) is 1. The Morgan fingerprint density at radius 2 is 2.10 bits per heavy atom. The molecule has 1 aromatic carbocycles. The molecular weight excluding hydrogens is 271 g/mol. The summed E-state index contributed by atoms with van der Waals surface area (Å²) in [5, 5.41) is 21.8. The van der Waals surface area contributed by atoms with Crippen LogP contribution < -0.4 is 5.32 Å². The number of amides is 1. The van der Waals surface area contributed by atoms with Crippen LogP contribution in [0.3, 0.4) is 0 Å². The predicted octanol–water partition coefficient (Wildman–Crippen LogP) is 1.33. The summed E-state index contributed by atoms with van der Waals surface area (Å²) in [4.78, 5) is 32.5. The standard InChI is InChI=1S/C12H11FN2O5/c13-9-2-1-7(15(19)20)5-8(9)10(16)14-6-12(3-4-12)11(17)18/h1-2,5H,3-4,6H2,(H,14,16)(H,17,18). The fourth-order valence-corrected chi connectivity index (χ4v) is 1.76. The Kier molecular flexibility index (Phi) is 3.39. The van der Waals surface area contributed by atoms with Crippen LogP contribution >= 0.6 is 0 Å². The van der Waals surface area contributed by atoms with Crippen molar-refractivity contribution < 1.29 is 24.0 Å². The van der Waals surface area contributed by atoms with Crippen LogP contribution in [-0.2, 0) is 4.79 Å². The van der Waals surface area contributed by atoms with E-state index in [9.17, 15) is 24.1 Å². The van der Waals surface area contributed by atoms with Crippen molar-refractivity contribution in [3.8, 4) is 0 Å². The smallest absolute Gasteiger partial charge is 0.311 e. The van der Waals surface area contributed by atoms with Crippen LogP contribution in [0.5, 0.6) is 0 Å². The number of halogens is 1. The van der Waals surface area contributed by atoms with Gasteiger partial charge in [0, 0.05) is 18.7 Å². The number of nitro groups is 1. The summed E-state index contributed by atoms with van der Waals surface area (Å²) in [5.74, 6) is -2.77. The second kappa shape index (κ2) is 4.87. The second-order valence-corrected chi connectivity index (χ2v) is 4.69. The Labute approximate surface area is 112 Å². The quantitative estimate of drug-likeness (QED) is 0.625. The van der Waals surface area contributed by atoms with Gasteiger partial charge in [0.25, 0.3) is 11.6 Å². The fraction of sp³-hybridized carbons (Fsp3) is 0.333. The molecule has 1 aliphatic rings. The van der Waals surface area contributed by atoms with Gasteiger partial charge in [-0.2, -0.15) is 0 Å². The van der Waals surface area contributed by atoms with Gasteiger partial charge in [0.05, 0.1) is 15.9 Å². The van der Waals surface area contributed by atoms with Crippen molar-refractivity contribution in [2.24, 2.45) is 5.41 Å². The third-order valence-corrected chi connectivity index (χ3v) is 3.30. The summed E-state index contributed by atoms with van der Waals surface area (Å²) in [5.41, 5.74) is -1.86. The maximum atomic E-state index is 13.5. The molecule has 0 aromatic heterocycles. The topological polar surface area (TPSA) is 110 Å². The average Bonchev–Trinajstić information content (AvgIpc) is 3.17. The van der Waals surface area contributed by atoms with Gasteiger partial charge in [-0.1, -0.05) is 0 Å². The van der Waals surface area contributed by atoms with Crippen LogP contribution in [0.25, 0.3) is 0 Å². The maximum Gasteiger partial charge on any atom is 0.311 e. The largest absolute Gasteiger partial charge is 0.481 e. The van der Waals surface area contributed by atoms with E-state index in [0.717, 1.165) is 18.2 Å². The first-order chi connectivity index (χ1) is 9.35. The van der Waals surface area contributed by atoms with E-state index in [1.54, 1.807) is 0 Å². The van der Waals surface area contributed by atoms with E-state index in [1.165, 1.54) is 0 Å². The highest BCUT2D eigenvalue weighted by Gasteiger charge is 2.50. The van der Waals surface area contributed by atoms with Gasteiger partial charge >= 0.3 is 5.97 Å². The summed E-state index contributed by atoms with van der Waals surface area (Å²) >= 11 is 0. The molecule has 7 nitrogen and oxygen atoms in total. The van der Waals surface area contributed by atoms with E-state index in [-0.39, 0.29) is 6.54 Å². The molecule has 106 valence electrons. The van der Waals surface area contributed by atoms with Crippen LogP contribution in [0, 0.1) is 21.3 Å². The Morgan fingerprint density at radius 1 is 1.45 bits per heavy atom. The molecule has 0 bridgehead atoms. The third-order valence-electron chi connectivity index (χ3n) is 3.30. The van der Waals surface area contributed by atoms with Crippen molar-refractivity contribution in [1.29, 1.82) is 0 Å².